The van der Waals surface area contributed by atoms with Crippen LogP contribution in [0.2, 0.25) is 0 Å². The summed E-state index contributed by atoms with van der Waals surface area (Å²) >= 11 is 0. The van der Waals surface area contributed by atoms with Crippen LogP contribution < -0.4 is 15.2 Å². The third kappa shape index (κ3) is 2.68. The molecule has 0 aromatic heterocycles. The SMILES string of the molecule is C[C@@H]1Cc2cc(S(=O)(=O)N[C@@H](CN)C3CC3)ccc2O1. The quantitative estimate of drug-likeness (QED) is 0.850. The molecule has 1 fully saturated rings. The number of nitrogens with one attached hydrogen (secondary N) is 1. The summed E-state index contributed by atoms with van der Waals surface area (Å²) in [5, 5.41) is 0. The van der Waals surface area contributed by atoms with E-state index in [1.807, 2.05) is 6.92 Å². The van der Waals surface area contributed by atoms with Crippen molar-refractivity contribution in [2.75, 3.05) is 6.54 Å². The molecule has 1 saturated carbocycles. The first-order valence-electron chi connectivity index (χ1n) is 7.01. The van der Waals surface area contributed by atoms with E-state index in [1.54, 1.807) is 18.2 Å². The van der Waals surface area contributed by atoms with E-state index in [0.717, 1.165) is 30.6 Å². The Morgan fingerprint density at radius 1 is 1.45 bits per heavy atom. The van der Waals surface area contributed by atoms with E-state index in [-0.39, 0.29) is 12.1 Å². The maximum atomic E-state index is 12.4. The van der Waals surface area contributed by atoms with Crippen molar-refractivity contribution in [1.29, 1.82) is 0 Å². The van der Waals surface area contributed by atoms with E-state index >= 15 is 0 Å². The van der Waals surface area contributed by atoms with Crippen LogP contribution >= 0.6 is 0 Å². The summed E-state index contributed by atoms with van der Waals surface area (Å²) in [4.78, 5) is 0.299. The minimum absolute atomic E-state index is 0.110. The van der Waals surface area contributed by atoms with Crippen molar-refractivity contribution in [3.8, 4) is 5.75 Å². The summed E-state index contributed by atoms with van der Waals surface area (Å²) in [6, 6.07) is 4.90. The first-order valence-corrected chi connectivity index (χ1v) is 8.50. The normalized spacial score (nSPS) is 23.2. The topological polar surface area (TPSA) is 81.4 Å². The van der Waals surface area contributed by atoms with Crippen molar-refractivity contribution < 1.29 is 13.2 Å². The lowest BCUT2D eigenvalue weighted by Crippen LogP contribution is -2.41. The molecule has 1 aliphatic carbocycles. The molecule has 3 N–H and O–H groups in total. The van der Waals surface area contributed by atoms with Crippen LogP contribution in [0.25, 0.3) is 0 Å². The molecule has 0 spiro atoms. The van der Waals surface area contributed by atoms with Crippen LogP contribution in [0.5, 0.6) is 5.75 Å². The van der Waals surface area contributed by atoms with Crippen LogP contribution in [0.15, 0.2) is 23.1 Å². The van der Waals surface area contributed by atoms with Crippen molar-refractivity contribution in [2.45, 2.75) is 43.2 Å². The van der Waals surface area contributed by atoms with Gasteiger partial charge in [0.15, 0.2) is 0 Å². The van der Waals surface area contributed by atoms with Gasteiger partial charge in [0.05, 0.1) is 4.90 Å². The molecule has 1 aliphatic heterocycles. The molecule has 0 saturated heterocycles. The summed E-state index contributed by atoms with van der Waals surface area (Å²) < 4.78 is 33.1. The fraction of sp³-hybridized carbons (Fsp3) is 0.571. The summed E-state index contributed by atoms with van der Waals surface area (Å²) in [5.41, 5.74) is 6.62. The molecular weight excluding hydrogens is 276 g/mol. The average Bonchev–Trinajstić information content (AvgIpc) is 3.16. The number of fused-ring (bicyclic) bond motifs is 1. The number of rotatable bonds is 5. The van der Waals surface area contributed by atoms with E-state index in [0.29, 0.717) is 17.4 Å². The van der Waals surface area contributed by atoms with E-state index in [9.17, 15) is 8.42 Å². The van der Waals surface area contributed by atoms with Gasteiger partial charge in [-0.05, 0) is 49.4 Å². The van der Waals surface area contributed by atoms with Gasteiger partial charge in [0.25, 0.3) is 0 Å². The number of hydrogen-bond donors (Lipinski definition) is 2. The Hall–Kier alpha value is -1.11. The Labute approximate surface area is 119 Å². The van der Waals surface area contributed by atoms with Crippen molar-refractivity contribution in [1.82, 2.24) is 4.72 Å². The first-order chi connectivity index (χ1) is 9.49. The van der Waals surface area contributed by atoms with Gasteiger partial charge >= 0.3 is 0 Å². The van der Waals surface area contributed by atoms with Gasteiger partial charge in [-0.2, -0.15) is 0 Å². The van der Waals surface area contributed by atoms with Gasteiger partial charge in [0.1, 0.15) is 11.9 Å². The van der Waals surface area contributed by atoms with Crippen LogP contribution in [0.1, 0.15) is 25.3 Å². The van der Waals surface area contributed by atoms with Gasteiger partial charge in [-0.25, -0.2) is 13.1 Å². The summed E-state index contributed by atoms with van der Waals surface area (Å²) in [5.74, 6) is 1.18. The van der Waals surface area contributed by atoms with Crippen LogP contribution in [-0.4, -0.2) is 27.1 Å². The van der Waals surface area contributed by atoms with Crippen molar-refractivity contribution in [2.24, 2.45) is 11.7 Å². The Balaban J connectivity index is 1.82. The highest BCUT2D eigenvalue weighted by Gasteiger charge is 2.33. The number of benzene rings is 1. The van der Waals surface area contributed by atoms with Gasteiger partial charge in [-0.3, -0.25) is 0 Å². The Kier molecular flexibility index (Phi) is 3.48. The van der Waals surface area contributed by atoms with Crippen molar-refractivity contribution >= 4 is 10.0 Å². The first kappa shape index (κ1) is 13.9. The highest BCUT2D eigenvalue weighted by Crippen LogP contribution is 2.34. The minimum Gasteiger partial charge on any atom is -0.490 e. The van der Waals surface area contributed by atoms with Crippen LogP contribution in [0, 0.1) is 5.92 Å². The Morgan fingerprint density at radius 2 is 2.20 bits per heavy atom. The largest absolute Gasteiger partial charge is 0.490 e. The van der Waals surface area contributed by atoms with Gasteiger partial charge in [-0.1, -0.05) is 0 Å². The zero-order valence-electron chi connectivity index (χ0n) is 11.5. The second-order valence-electron chi connectivity index (χ2n) is 5.70. The van der Waals surface area contributed by atoms with E-state index in [2.05, 4.69) is 4.72 Å². The third-order valence-electron chi connectivity index (χ3n) is 3.93. The summed E-state index contributed by atoms with van der Waals surface area (Å²) in [6.45, 7) is 2.32. The van der Waals surface area contributed by atoms with E-state index < -0.39 is 10.0 Å². The standard InChI is InChI=1S/C14H20N2O3S/c1-9-6-11-7-12(4-5-14(11)19-9)20(17,18)16-13(8-15)10-2-3-10/h4-5,7,9-10,13,16H,2-3,6,8,15H2,1H3/t9-,13+/m1/s1. The molecule has 2 atom stereocenters. The fourth-order valence-corrected chi connectivity index (χ4v) is 4.04. The average molecular weight is 296 g/mol. The molecule has 1 aromatic rings. The maximum absolute atomic E-state index is 12.4. The Bertz CT molecular complexity index is 611. The summed E-state index contributed by atoms with van der Waals surface area (Å²) in [6.07, 6.45) is 2.97. The molecule has 5 nitrogen and oxygen atoms in total. The molecule has 1 aromatic carbocycles. The summed E-state index contributed by atoms with van der Waals surface area (Å²) in [7, 11) is -3.50. The lowest BCUT2D eigenvalue weighted by atomic mass is 10.1. The van der Waals surface area contributed by atoms with Crippen molar-refractivity contribution in [3.63, 3.8) is 0 Å². The highest BCUT2D eigenvalue weighted by atomic mass is 32.2. The van der Waals surface area contributed by atoms with E-state index in [1.165, 1.54) is 0 Å². The number of sulfonamides is 1. The minimum atomic E-state index is -3.50. The molecule has 20 heavy (non-hydrogen) atoms. The molecule has 2 aliphatic rings. The molecule has 3 rings (SSSR count). The molecule has 0 amide bonds. The molecule has 110 valence electrons. The lowest BCUT2D eigenvalue weighted by Gasteiger charge is -2.16. The smallest absolute Gasteiger partial charge is 0.240 e. The monoisotopic (exact) mass is 296 g/mol. The van der Waals surface area contributed by atoms with Crippen LogP contribution in [0.4, 0.5) is 0 Å². The third-order valence-corrected chi connectivity index (χ3v) is 5.42. The lowest BCUT2D eigenvalue weighted by molar-refractivity contribution is 0.254. The number of nitrogens with two attached hydrogens (primary N) is 1. The predicted molar refractivity (Wildman–Crippen MR) is 76.1 cm³/mol. The van der Waals surface area contributed by atoms with E-state index in [4.69, 9.17) is 10.5 Å². The van der Waals surface area contributed by atoms with Crippen molar-refractivity contribution in [3.05, 3.63) is 23.8 Å². The second kappa shape index (κ2) is 5.02. The van der Waals surface area contributed by atoms with Crippen LogP contribution in [-0.2, 0) is 16.4 Å². The highest BCUT2D eigenvalue weighted by molar-refractivity contribution is 7.89. The molecule has 0 unspecified atom stereocenters. The zero-order valence-corrected chi connectivity index (χ0v) is 12.3. The molecular formula is C14H20N2O3S. The van der Waals surface area contributed by atoms with Gasteiger partial charge in [0.2, 0.25) is 10.0 Å². The molecule has 1 heterocycles. The predicted octanol–water partition coefficient (Wildman–Crippen LogP) is 1.03. The van der Waals surface area contributed by atoms with Crippen LogP contribution in [0.3, 0.4) is 0 Å². The van der Waals surface area contributed by atoms with Gasteiger partial charge < -0.3 is 10.5 Å². The second-order valence-corrected chi connectivity index (χ2v) is 7.42. The maximum Gasteiger partial charge on any atom is 0.240 e. The molecule has 0 radical (unpaired) electrons. The number of ether oxygens (including phenoxy) is 1. The van der Waals surface area contributed by atoms with Gasteiger partial charge in [0, 0.05) is 19.0 Å². The van der Waals surface area contributed by atoms with Gasteiger partial charge in [-0.15, -0.1) is 0 Å². The molecule has 0 bridgehead atoms. The Morgan fingerprint density at radius 3 is 2.85 bits per heavy atom. The fourth-order valence-electron chi connectivity index (χ4n) is 2.67. The zero-order chi connectivity index (χ0) is 14.3. The number of hydrogen-bond acceptors (Lipinski definition) is 4. The molecule has 6 heteroatoms.